The zero-order valence-electron chi connectivity index (χ0n) is 12.3. The van der Waals surface area contributed by atoms with E-state index in [1.807, 2.05) is 7.05 Å². The quantitative estimate of drug-likeness (QED) is 0.568. The van der Waals surface area contributed by atoms with Crippen molar-refractivity contribution in [3.63, 3.8) is 0 Å². The normalized spacial score (nSPS) is 16.4. The van der Waals surface area contributed by atoms with E-state index in [1.54, 1.807) is 15.6 Å². The Labute approximate surface area is 130 Å². The van der Waals surface area contributed by atoms with Gasteiger partial charge in [0.2, 0.25) is 0 Å². The van der Waals surface area contributed by atoms with E-state index in [0.717, 1.165) is 23.4 Å². The molecule has 0 fully saturated rings. The molecule has 110 valence electrons. The van der Waals surface area contributed by atoms with Crippen LogP contribution in [0.1, 0.15) is 36.3 Å². The first-order chi connectivity index (χ1) is 9.21. The Morgan fingerprint density at radius 2 is 2.10 bits per heavy atom. The number of fused-ring (bicyclic) bond motifs is 1. The van der Waals surface area contributed by atoms with Crippen molar-refractivity contribution in [2.24, 2.45) is 5.41 Å². The maximum atomic E-state index is 9.98. The molecule has 0 radical (unpaired) electrons. The summed E-state index contributed by atoms with van der Waals surface area (Å²) in [5, 5.41) is 14.1. The highest BCUT2D eigenvalue weighted by Gasteiger charge is 2.31. The molecule has 2 N–H and O–H groups in total. The summed E-state index contributed by atoms with van der Waals surface area (Å²) >= 11 is 5.90. The third kappa shape index (κ3) is 2.99. The monoisotopic (exact) mass is 310 g/mol. The van der Waals surface area contributed by atoms with E-state index in [-0.39, 0.29) is 11.2 Å². The van der Waals surface area contributed by atoms with Gasteiger partial charge in [-0.25, -0.2) is 0 Å². The zero-order chi connectivity index (χ0) is 15.1. The molecule has 1 aromatic rings. The molecule has 0 saturated heterocycles. The second-order valence-corrected chi connectivity index (χ2v) is 7.80. The Morgan fingerprint density at radius 1 is 1.45 bits per heavy atom. The minimum atomic E-state index is 0.123. The first-order valence-electron chi connectivity index (χ1n) is 6.62. The Kier molecular flexibility index (Phi) is 4.12. The smallest absolute Gasteiger partial charge is 0.118 e. The molecular weight excluding hydrogens is 288 g/mol. The Hall–Kier alpha value is -1.07. The Balaban J connectivity index is 2.42. The van der Waals surface area contributed by atoms with Crippen molar-refractivity contribution in [3.8, 4) is 0 Å². The standard InChI is InChI=1S/C15H22N2OS2/c1-9(18)13-11-8-15(3,4)7-6-12(11)20-14(13)16-10(2)17(5)19/h16,18-19H,1-2,6-8H2,3-5H3. The van der Waals surface area contributed by atoms with Gasteiger partial charge in [0.05, 0.1) is 5.56 Å². The van der Waals surface area contributed by atoms with Gasteiger partial charge < -0.3 is 14.7 Å². The molecule has 0 amide bonds. The lowest BCUT2D eigenvalue weighted by Crippen LogP contribution is -2.21. The lowest BCUT2D eigenvalue weighted by molar-refractivity contribution is 0.317. The van der Waals surface area contributed by atoms with Gasteiger partial charge in [0.1, 0.15) is 16.6 Å². The third-order valence-corrected chi connectivity index (χ3v) is 5.16. The molecule has 0 aliphatic heterocycles. The molecule has 2 rings (SSSR count). The lowest BCUT2D eigenvalue weighted by Gasteiger charge is -2.29. The van der Waals surface area contributed by atoms with Crippen molar-refractivity contribution in [1.82, 2.24) is 4.31 Å². The Morgan fingerprint density at radius 3 is 2.65 bits per heavy atom. The van der Waals surface area contributed by atoms with Crippen LogP contribution in [0.2, 0.25) is 0 Å². The van der Waals surface area contributed by atoms with E-state index < -0.39 is 0 Å². The highest BCUT2D eigenvalue weighted by molar-refractivity contribution is 7.77. The SMILES string of the molecule is C=C(O)c1c(NC(=C)N(C)S)sc2c1CC(C)(C)CC2. The highest BCUT2D eigenvalue weighted by Crippen LogP contribution is 2.45. The van der Waals surface area contributed by atoms with Gasteiger partial charge >= 0.3 is 0 Å². The summed E-state index contributed by atoms with van der Waals surface area (Å²) in [5.41, 5.74) is 2.34. The minimum absolute atomic E-state index is 0.123. The van der Waals surface area contributed by atoms with Crippen LogP contribution in [0.25, 0.3) is 5.76 Å². The first-order valence-corrected chi connectivity index (χ1v) is 7.84. The molecular formula is C15H22N2OS2. The predicted octanol–water partition coefficient (Wildman–Crippen LogP) is 4.45. The summed E-state index contributed by atoms with van der Waals surface area (Å²) < 4.78 is 1.62. The van der Waals surface area contributed by atoms with Crippen LogP contribution in [0.3, 0.4) is 0 Å². The number of nitrogens with one attached hydrogen (secondary N) is 1. The molecule has 0 bridgehead atoms. The number of rotatable bonds is 4. The lowest BCUT2D eigenvalue weighted by atomic mass is 9.76. The zero-order valence-corrected chi connectivity index (χ0v) is 14.0. The molecule has 0 unspecified atom stereocenters. The van der Waals surface area contributed by atoms with Crippen molar-refractivity contribution in [2.45, 2.75) is 33.1 Å². The number of aliphatic hydroxyl groups excluding tert-OH is 1. The van der Waals surface area contributed by atoms with Crippen molar-refractivity contribution in [3.05, 3.63) is 35.0 Å². The third-order valence-electron chi connectivity index (χ3n) is 3.71. The topological polar surface area (TPSA) is 35.5 Å². The molecule has 0 atom stereocenters. The predicted molar refractivity (Wildman–Crippen MR) is 91.3 cm³/mol. The molecule has 3 nitrogen and oxygen atoms in total. The van der Waals surface area contributed by atoms with E-state index >= 15 is 0 Å². The summed E-state index contributed by atoms with van der Waals surface area (Å²) in [4.78, 5) is 1.34. The van der Waals surface area contributed by atoms with Crippen molar-refractivity contribution >= 4 is 34.9 Å². The van der Waals surface area contributed by atoms with Gasteiger partial charge in [0, 0.05) is 11.9 Å². The van der Waals surface area contributed by atoms with Crippen molar-refractivity contribution in [2.75, 3.05) is 12.4 Å². The van der Waals surface area contributed by atoms with Crippen LogP contribution >= 0.6 is 24.2 Å². The van der Waals surface area contributed by atoms with Gasteiger partial charge in [0.25, 0.3) is 0 Å². The van der Waals surface area contributed by atoms with E-state index in [9.17, 15) is 5.11 Å². The highest BCUT2D eigenvalue weighted by atomic mass is 32.1. The number of nitrogens with zero attached hydrogens (tertiary/aromatic N) is 1. The molecule has 0 saturated carbocycles. The van der Waals surface area contributed by atoms with E-state index in [4.69, 9.17) is 0 Å². The summed E-state index contributed by atoms with van der Waals surface area (Å²) in [6, 6.07) is 0. The fraction of sp³-hybridized carbons (Fsp3) is 0.467. The number of anilines is 1. The fourth-order valence-corrected chi connectivity index (χ4v) is 3.84. The average Bonchev–Trinajstić information content (AvgIpc) is 2.64. The van der Waals surface area contributed by atoms with Crippen LogP contribution in [0, 0.1) is 5.41 Å². The van der Waals surface area contributed by atoms with Crippen molar-refractivity contribution in [1.29, 1.82) is 0 Å². The molecule has 5 heteroatoms. The second-order valence-electron chi connectivity index (χ2n) is 6.09. The summed E-state index contributed by atoms with van der Waals surface area (Å²) in [6.45, 7) is 12.2. The maximum absolute atomic E-state index is 9.98. The molecule has 1 heterocycles. The number of aryl methyl sites for hydroxylation is 1. The van der Waals surface area contributed by atoms with Gasteiger partial charge in [-0.15, -0.1) is 11.3 Å². The van der Waals surface area contributed by atoms with Crippen LogP contribution in [0.4, 0.5) is 5.00 Å². The number of aliphatic hydroxyl groups is 1. The van der Waals surface area contributed by atoms with Gasteiger partial charge in [-0.1, -0.05) is 39.8 Å². The maximum Gasteiger partial charge on any atom is 0.118 e. The van der Waals surface area contributed by atoms with Crippen LogP contribution in [-0.4, -0.2) is 16.5 Å². The number of thiophene rings is 1. The Bertz CT molecular complexity index is 558. The molecule has 20 heavy (non-hydrogen) atoms. The average molecular weight is 310 g/mol. The number of hydrogen-bond acceptors (Lipinski definition) is 5. The van der Waals surface area contributed by atoms with Crippen LogP contribution < -0.4 is 5.32 Å². The van der Waals surface area contributed by atoms with Gasteiger partial charge in [0.15, 0.2) is 0 Å². The fourth-order valence-electron chi connectivity index (χ4n) is 2.53. The van der Waals surface area contributed by atoms with E-state index in [0.29, 0.717) is 5.82 Å². The van der Waals surface area contributed by atoms with Crippen LogP contribution in [-0.2, 0) is 12.8 Å². The summed E-state index contributed by atoms with van der Waals surface area (Å²) in [7, 11) is 1.81. The van der Waals surface area contributed by atoms with Crippen molar-refractivity contribution < 1.29 is 5.11 Å². The number of thiol groups is 1. The molecule has 1 aliphatic carbocycles. The number of hydrogen-bond donors (Lipinski definition) is 3. The molecule has 1 aliphatic rings. The summed E-state index contributed by atoms with van der Waals surface area (Å²) in [6.07, 6.45) is 3.20. The van der Waals surface area contributed by atoms with Gasteiger partial charge in [-0.05, 0) is 30.2 Å². The molecule has 0 spiro atoms. The van der Waals surface area contributed by atoms with E-state index in [1.165, 1.54) is 16.9 Å². The van der Waals surface area contributed by atoms with Crippen LogP contribution in [0.5, 0.6) is 0 Å². The minimum Gasteiger partial charge on any atom is -0.508 e. The van der Waals surface area contributed by atoms with Gasteiger partial charge in [-0.2, -0.15) is 0 Å². The first kappa shape index (κ1) is 15.3. The molecule has 0 aromatic carbocycles. The summed E-state index contributed by atoms with van der Waals surface area (Å²) in [5.74, 6) is 0.797. The van der Waals surface area contributed by atoms with E-state index in [2.05, 4.69) is 45.1 Å². The second kappa shape index (κ2) is 5.37. The molecule has 1 aromatic heterocycles. The van der Waals surface area contributed by atoms with Crippen LogP contribution in [0.15, 0.2) is 19.0 Å². The van der Waals surface area contributed by atoms with Gasteiger partial charge in [-0.3, -0.25) is 0 Å². The largest absolute Gasteiger partial charge is 0.508 e.